The third kappa shape index (κ3) is 6.00. The van der Waals surface area contributed by atoms with Crippen molar-refractivity contribution in [3.63, 3.8) is 0 Å². The molecule has 4 nitrogen and oxygen atoms in total. The summed E-state index contributed by atoms with van der Waals surface area (Å²) in [4.78, 5) is 11.9. The number of amides is 1. The molecule has 0 aromatic heterocycles. The number of carbonyl (C=O) groups is 1. The zero-order chi connectivity index (χ0) is 18.5. The Bertz CT molecular complexity index is 538. The summed E-state index contributed by atoms with van der Waals surface area (Å²) in [6.45, 7) is 0.292. The quantitative estimate of drug-likeness (QED) is 0.685. The lowest BCUT2D eigenvalue weighted by Gasteiger charge is -2.15. The Balaban J connectivity index is 2.99. The second kappa shape index (κ2) is 7.84. The maximum absolute atomic E-state index is 12.7. The summed E-state index contributed by atoms with van der Waals surface area (Å²) in [5, 5.41) is 2.23. The summed E-state index contributed by atoms with van der Waals surface area (Å²) in [5.74, 6) is -1.06. The predicted octanol–water partition coefficient (Wildman–Crippen LogP) is 2.52. The second-order valence-corrected chi connectivity index (χ2v) is 5.20. The number of hydrogen-bond donors (Lipinski definition) is 3. The zero-order valence-corrected chi connectivity index (χ0v) is 12.5. The van der Waals surface area contributed by atoms with Crippen LogP contribution in [-0.2, 0) is 12.4 Å². The van der Waals surface area contributed by atoms with Crippen molar-refractivity contribution >= 4 is 5.91 Å². The first-order chi connectivity index (χ1) is 10.9. The van der Waals surface area contributed by atoms with E-state index in [0.717, 1.165) is 0 Å². The van der Waals surface area contributed by atoms with Crippen LogP contribution in [0, 0.1) is 0 Å². The number of halogens is 6. The van der Waals surface area contributed by atoms with Gasteiger partial charge in [0.15, 0.2) is 0 Å². The van der Waals surface area contributed by atoms with Gasteiger partial charge in [0.25, 0.3) is 5.91 Å². The molecule has 0 aliphatic carbocycles. The van der Waals surface area contributed by atoms with Gasteiger partial charge in [0, 0.05) is 18.2 Å². The molecule has 1 aromatic carbocycles. The molecule has 0 saturated carbocycles. The van der Waals surface area contributed by atoms with Crippen LogP contribution in [-0.4, -0.2) is 25.0 Å². The molecule has 1 aromatic rings. The first kappa shape index (κ1) is 20.2. The van der Waals surface area contributed by atoms with Crippen LogP contribution in [0.2, 0.25) is 0 Å². The minimum absolute atomic E-state index is 0.0379. The number of nitrogens with one attached hydrogen (secondary N) is 1. The highest BCUT2D eigenvalue weighted by molar-refractivity contribution is 5.94. The molecule has 24 heavy (non-hydrogen) atoms. The average Bonchev–Trinajstić information content (AvgIpc) is 2.48. The molecule has 0 saturated heterocycles. The van der Waals surface area contributed by atoms with Gasteiger partial charge in [-0.1, -0.05) is 0 Å². The van der Waals surface area contributed by atoms with Crippen LogP contribution < -0.4 is 16.8 Å². The predicted molar refractivity (Wildman–Crippen MR) is 75.0 cm³/mol. The van der Waals surface area contributed by atoms with Crippen molar-refractivity contribution in [1.82, 2.24) is 5.32 Å². The van der Waals surface area contributed by atoms with Crippen LogP contribution in [0.1, 0.15) is 34.3 Å². The molecule has 0 aliphatic heterocycles. The molecule has 10 heteroatoms. The van der Waals surface area contributed by atoms with Gasteiger partial charge in [-0.15, -0.1) is 0 Å². The molecule has 1 atom stereocenters. The van der Waals surface area contributed by atoms with Gasteiger partial charge < -0.3 is 16.8 Å². The van der Waals surface area contributed by atoms with E-state index in [-0.39, 0.29) is 12.6 Å². The second-order valence-electron chi connectivity index (χ2n) is 5.20. The SMILES string of the molecule is NCCC[C@H](N)CNC(=O)c1cc(C(F)(F)F)cc(C(F)(F)F)c1. The van der Waals surface area contributed by atoms with Crippen molar-refractivity contribution in [3.8, 4) is 0 Å². The molecule has 0 bridgehead atoms. The maximum Gasteiger partial charge on any atom is 0.416 e. The summed E-state index contributed by atoms with van der Waals surface area (Å²) in [5.41, 5.74) is 7.11. The molecule has 0 aliphatic rings. The topological polar surface area (TPSA) is 81.1 Å². The first-order valence-corrected chi connectivity index (χ1v) is 6.98. The van der Waals surface area contributed by atoms with Crippen molar-refractivity contribution in [2.75, 3.05) is 13.1 Å². The summed E-state index contributed by atoms with van der Waals surface area (Å²) >= 11 is 0. The Labute approximate surface area is 134 Å². The molecule has 0 unspecified atom stereocenters. The molecule has 0 spiro atoms. The maximum atomic E-state index is 12.7. The number of hydrogen-bond acceptors (Lipinski definition) is 3. The highest BCUT2D eigenvalue weighted by Crippen LogP contribution is 2.36. The fraction of sp³-hybridized carbons (Fsp3) is 0.500. The fourth-order valence-electron chi connectivity index (χ4n) is 1.89. The monoisotopic (exact) mass is 357 g/mol. The Hall–Kier alpha value is -1.81. The lowest BCUT2D eigenvalue weighted by atomic mass is 10.0. The summed E-state index contributed by atoms with van der Waals surface area (Å²) < 4.78 is 76.3. The average molecular weight is 357 g/mol. The van der Waals surface area contributed by atoms with Crippen LogP contribution >= 0.6 is 0 Å². The van der Waals surface area contributed by atoms with E-state index in [0.29, 0.717) is 31.5 Å². The molecular formula is C14H17F6N3O. The standard InChI is InChI=1S/C14H17F6N3O/c15-13(16,17)9-4-8(5-10(6-9)14(18,19)20)12(24)23-7-11(22)2-1-3-21/h4-6,11H,1-3,7,21-22H2,(H,23,24)/t11-/m0/s1. The van der Waals surface area contributed by atoms with E-state index in [9.17, 15) is 31.1 Å². The number of benzene rings is 1. The minimum Gasteiger partial charge on any atom is -0.350 e. The highest BCUT2D eigenvalue weighted by atomic mass is 19.4. The third-order valence-electron chi connectivity index (χ3n) is 3.15. The molecular weight excluding hydrogens is 340 g/mol. The Morgan fingerprint density at radius 1 is 1.04 bits per heavy atom. The minimum atomic E-state index is -5.01. The largest absolute Gasteiger partial charge is 0.416 e. The normalized spacial score (nSPS) is 13.7. The van der Waals surface area contributed by atoms with Crippen LogP contribution in [0.3, 0.4) is 0 Å². The lowest BCUT2D eigenvalue weighted by molar-refractivity contribution is -0.143. The van der Waals surface area contributed by atoms with Gasteiger partial charge in [-0.25, -0.2) is 0 Å². The third-order valence-corrected chi connectivity index (χ3v) is 3.15. The molecule has 0 radical (unpaired) electrons. The van der Waals surface area contributed by atoms with Crippen molar-refractivity contribution < 1.29 is 31.1 Å². The molecule has 1 amide bonds. The van der Waals surface area contributed by atoms with Crippen molar-refractivity contribution in [2.24, 2.45) is 11.5 Å². The number of alkyl halides is 6. The van der Waals surface area contributed by atoms with Gasteiger partial charge in [-0.2, -0.15) is 26.3 Å². The zero-order valence-electron chi connectivity index (χ0n) is 12.5. The van der Waals surface area contributed by atoms with Gasteiger partial charge in [-0.05, 0) is 37.6 Å². The molecule has 0 heterocycles. The smallest absolute Gasteiger partial charge is 0.350 e. The Morgan fingerprint density at radius 2 is 1.54 bits per heavy atom. The van der Waals surface area contributed by atoms with E-state index in [1.807, 2.05) is 0 Å². The van der Waals surface area contributed by atoms with Gasteiger partial charge in [-0.3, -0.25) is 4.79 Å². The Morgan fingerprint density at radius 3 is 1.96 bits per heavy atom. The lowest BCUT2D eigenvalue weighted by Crippen LogP contribution is -2.37. The molecule has 1 rings (SSSR count). The van der Waals surface area contributed by atoms with Crippen LogP contribution in [0.4, 0.5) is 26.3 Å². The molecule has 5 N–H and O–H groups in total. The first-order valence-electron chi connectivity index (χ1n) is 6.98. The van der Waals surface area contributed by atoms with Crippen molar-refractivity contribution in [2.45, 2.75) is 31.2 Å². The van der Waals surface area contributed by atoms with Crippen LogP contribution in [0.5, 0.6) is 0 Å². The van der Waals surface area contributed by atoms with E-state index >= 15 is 0 Å². The van der Waals surface area contributed by atoms with E-state index in [1.165, 1.54) is 0 Å². The van der Waals surface area contributed by atoms with Crippen molar-refractivity contribution in [3.05, 3.63) is 34.9 Å². The number of rotatable bonds is 6. The number of nitrogens with two attached hydrogens (primary N) is 2. The molecule has 136 valence electrons. The highest BCUT2D eigenvalue weighted by Gasteiger charge is 2.37. The summed E-state index contributed by atoms with van der Waals surface area (Å²) in [7, 11) is 0. The van der Waals surface area contributed by atoms with E-state index in [4.69, 9.17) is 11.5 Å². The van der Waals surface area contributed by atoms with E-state index in [1.54, 1.807) is 0 Å². The van der Waals surface area contributed by atoms with Gasteiger partial charge >= 0.3 is 12.4 Å². The Kier molecular flexibility index (Phi) is 6.61. The number of carbonyl (C=O) groups excluding carboxylic acids is 1. The van der Waals surface area contributed by atoms with Gasteiger partial charge in [0.1, 0.15) is 0 Å². The summed E-state index contributed by atoms with van der Waals surface area (Å²) in [6, 6.07) is 0.209. The van der Waals surface area contributed by atoms with Gasteiger partial charge in [0.2, 0.25) is 0 Å². The fourth-order valence-corrected chi connectivity index (χ4v) is 1.89. The van der Waals surface area contributed by atoms with Crippen molar-refractivity contribution in [1.29, 1.82) is 0 Å². The van der Waals surface area contributed by atoms with E-state index < -0.39 is 41.0 Å². The van der Waals surface area contributed by atoms with Gasteiger partial charge in [0.05, 0.1) is 11.1 Å². The van der Waals surface area contributed by atoms with Crippen LogP contribution in [0.25, 0.3) is 0 Å². The molecule has 0 fully saturated rings. The van der Waals surface area contributed by atoms with Crippen LogP contribution in [0.15, 0.2) is 18.2 Å². The summed E-state index contributed by atoms with van der Waals surface area (Å²) in [6.07, 6.45) is -8.96. The van der Waals surface area contributed by atoms with E-state index in [2.05, 4.69) is 5.32 Å².